The van der Waals surface area contributed by atoms with Crippen molar-refractivity contribution in [3.05, 3.63) is 35.9 Å². The number of fused-ring (bicyclic) bond motifs is 1. The SMILES string of the molecule is C[C@@H](/C=C/CC(=O)N1CCC[C@H]1CO)[C@]1(O)C(=O)N(C)c2ccc(N3CCC3=O)cc21. The maximum atomic E-state index is 13.0. The van der Waals surface area contributed by atoms with Crippen LogP contribution in [0.25, 0.3) is 0 Å². The molecule has 31 heavy (non-hydrogen) atoms. The van der Waals surface area contributed by atoms with Crippen LogP contribution >= 0.6 is 0 Å². The van der Waals surface area contributed by atoms with Gasteiger partial charge < -0.3 is 24.9 Å². The predicted molar refractivity (Wildman–Crippen MR) is 115 cm³/mol. The van der Waals surface area contributed by atoms with Gasteiger partial charge in [-0.2, -0.15) is 0 Å². The molecular formula is C23H29N3O5. The van der Waals surface area contributed by atoms with Crippen molar-refractivity contribution in [2.24, 2.45) is 5.92 Å². The van der Waals surface area contributed by atoms with Gasteiger partial charge in [0.1, 0.15) is 0 Å². The quantitative estimate of drug-likeness (QED) is 0.524. The maximum Gasteiger partial charge on any atom is 0.264 e. The highest BCUT2D eigenvalue weighted by atomic mass is 16.3. The molecule has 1 aromatic carbocycles. The van der Waals surface area contributed by atoms with Crippen LogP contribution in [0.4, 0.5) is 11.4 Å². The monoisotopic (exact) mass is 427 g/mol. The molecule has 0 unspecified atom stereocenters. The molecule has 3 heterocycles. The summed E-state index contributed by atoms with van der Waals surface area (Å²) in [6.45, 7) is 2.98. The standard InChI is InChI=1S/C23H29N3O5/c1-15(5-3-7-20(28)25-11-4-6-17(25)14-27)23(31)18-13-16(26-12-10-21(26)29)8-9-19(18)24(2)22(23)30/h3,5,8-9,13,15,17,27,31H,4,6-7,10-12,14H2,1-2H3/b5-3+/t15-,17-,23+/m0/s1. The second kappa shape index (κ2) is 8.09. The van der Waals surface area contributed by atoms with Crippen LogP contribution in [0.5, 0.6) is 0 Å². The topological polar surface area (TPSA) is 101 Å². The first-order chi connectivity index (χ1) is 14.8. The van der Waals surface area contributed by atoms with E-state index in [1.165, 1.54) is 4.90 Å². The number of nitrogens with zero attached hydrogens (tertiary/aromatic N) is 3. The average molecular weight is 428 g/mol. The summed E-state index contributed by atoms with van der Waals surface area (Å²) in [6.07, 6.45) is 5.73. The molecule has 0 aromatic heterocycles. The third kappa shape index (κ3) is 3.43. The van der Waals surface area contributed by atoms with Crippen molar-refractivity contribution >= 4 is 29.1 Å². The smallest absolute Gasteiger partial charge is 0.264 e. The van der Waals surface area contributed by atoms with Crippen LogP contribution in [0, 0.1) is 5.92 Å². The molecule has 2 saturated heterocycles. The number of benzene rings is 1. The molecule has 2 fully saturated rings. The maximum absolute atomic E-state index is 13.0. The van der Waals surface area contributed by atoms with Crippen molar-refractivity contribution in [3.8, 4) is 0 Å². The van der Waals surface area contributed by atoms with Gasteiger partial charge in [-0.25, -0.2) is 0 Å². The summed E-state index contributed by atoms with van der Waals surface area (Å²) in [5.41, 5.74) is -0.00890. The lowest BCUT2D eigenvalue weighted by Gasteiger charge is -2.32. The van der Waals surface area contributed by atoms with Crippen molar-refractivity contribution in [1.82, 2.24) is 4.90 Å². The molecule has 8 nitrogen and oxygen atoms in total. The Bertz CT molecular complexity index is 945. The van der Waals surface area contributed by atoms with Crippen LogP contribution < -0.4 is 9.80 Å². The van der Waals surface area contributed by atoms with Crippen molar-refractivity contribution < 1.29 is 24.6 Å². The Balaban J connectivity index is 1.53. The van der Waals surface area contributed by atoms with Gasteiger partial charge in [0.05, 0.1) is 18.3 Å². The Morgan fingerprint density at radius 3 is 2.74 bits per heavy atom. The Morgan fingerprint density at radius 1 is 1.32 bits per heavy atom. The zero-order valence-corrected chi connectivity index (χ0v) is 18.0. The molecule has 0 aliphatic carbocycles. The zero-order valence-electron chi connectivity index (χ0n) is 18.0. The van der Waals surface area contributed by atoms with Crippen molar-refractivity contribution in [2.75, 3.05) is 36.5 Å². The lowest BCUT2D eigenvalue weighted by Crippen LogP contribution is -2.44. The van der Waals surface area contributed by atoms with E-state index in [0.29, 0.717) is 36.4 Å². The van der Waals surface area contributed by atoms with E-state index in [-0.39, 0.29) is 30.9 Å². The van der Waals surface area contributed by atoms with Crippen molar-refractivity contribution in [1.29, 1.82) is 0 Å². The molecule has 166 valence electrons. The Labute approximate surface area is 181 Å². The second-order valence-corrected chi connectivity index (χ2v) is 8.61. The van der Waals surface area contributed by atoms with E-state index in [1.807, 2.05) is 0 Å². The third-order valence-electron chi connectivity index (χ3n) is 6.83. The molecule has 2 N–H and O–H groups in total. The first kappa shape index (κ1) is 21.5. The molecule has 3 aliphatic rings. The van der Waals surface area contributed by atoms with Gasteiger partial charge in [0, 0.05) is 50.1 Å². The van der Waals surface area contributed by atoms with Crippen LogP contribution in [0.1, 0.15) is 38.2 Å². The van der Waals surface area contributed by atoms with E-state index >= 15 is 0 Å². The molecule has 3 atom stereocenters. The fourth-order valence-corrected chi connectivity index (χ4v) is 4.78. The number of likely N-dealkylation sites (N-methyl/N-ethyl adjacent to an activating group) is 1. The molecule has 0 bridgehead atoms. The number of anilines is 2. The fraction of sp³-hybridized carbons (Fsp3) is 0.522. The number of rotatable bonds is 6. The van der Waals surface area contributed by atoms with Gasteiger partial charge in [-0.05, 0) is 31.0 Å². The third-order valence-corrected chi connectivity index (χ3v) is 6.83. The summed E-state index contributed by atoms with van der Waals surface area (Å²) in [5.74, 6) is -1.06. The number of carbonyl (C=O) groups excluding carboxylic acids is 3. The number of carbonyl (C=O) groups is 3. The molecule has 0 radical (unpaired) electrons. The molecule has 1 aromatic rings. The van der Waals surface area contributed by atoms with E-state index < -0.39 is 17.4 Å². The molecule has 8 heteroatoms. The molecule has 4 rings (SSSR count). The Morgan fingerprint density at radius 2 is 2.10 bits per heavy atom. The summed E-state index contributed by atoms with van der Waals surface area (Å²) in [5, 5.41) is 20.9. The predicted octanol–water partition coefficient (Wildman–Crippen LogP) is 1.15. The summed E-state index contributed by atoms with van der Waals surface area (Å²) >= 11 is 0. The van der Waals surface area contributed by atoms with Crippen LogP contribution in [0.3, 0.4) is 0 Å². The lowest BCUT2D eigenvalue weighted by molar-refractivity contribution is -0.139. The van der Waals surface area contributed by atoms with Crippen LogP contribution in [-0.2, 0) is 20.0 Å². The highest BCUT2D eigenvalue weighted by Crippen LogP contribution is 2.46. The van der Waals surface area contributed by atoms with Gasteiger partial charge >= 0.3 is 0 Å². The number of aliphatic hydroxyl groups excluding tert-OH is 1. The van der Waals surface area contributed by atoms with Gasteiger partial charge in [0.2, 0.25) is 11.8 Å². The normalized spacial score (nSPS) is 26.6. The highest BCUT2D eigenvalue weighted by Gasteiger charge is 2.51. The molecule has 3 amide bonds. The van der Waals surface area contributed by atoms with Crippen LogP contribution in [0.2, 0.25) is 0 Å². The Kier molecular flexibility index (Phi) is 5.61. The van der Waals surface area contributed by atoms with Gasteiger partial charge in [0.15, 0.2) is 5.60 Å². The van der Waals surface area contributed by atoms with E-state index in [2.05, 4.69) is 0 Å². The summed E-state index contributed by atoms with van der Waals surface area (Å²) in [4.78, 5) is 42.1. The van der Waals surface area contributed by atoms with Gasteiger partial charge in [-0.3, -0.25) is 14.4 Å². The van der Waals surface area contributed by atoms with Crippen molar-refractivity contribution in [2.45, 2.75) is 44.2 Å². The highest BCUT2D eigenvalue weighted by molar-refractivity contribution is 6.08. The fourth-order valence-electron chi connectivity index (χ4n) is 4.78. The van der Waals surface area contributed by atoms with E-state index in [1.54, 1.807) is 54.1 Å². The number of hydrogen-bond donors (Lipinski definition) is 2. The van der Waals surface area contributed by atoms with Gasteiger partial charge in [0.25, 0.3) is 5.91 Å². The minimum Gasteiger partial charge on any atom is -0.394 e. The lowest BCUT2D eigenvalue weighted by atomic mass is 9.82. The number of amides is 3. The van der Waals surface area contributed by atoms with Crippen LogP contribution in [-0.4, -0.2) is 65.6 Å². The summed E-state index contributed by atoms with van der Waals surface area (Å²) in [6, 6.07) is 5.15. The van der Waals surface area contributed by atoms with E-state index in [9.17, 15) is 24.6 Å². The first-order valence-electron chi connectivity index (χ1n) is 10.8. The largest absolute Gasteiger partial charge is 0.394 e. The van der Waals surface area contributed by atoms with E-state index in [0.717, 1.165) is 12.8 Å². The Hall–Kier alpha value is -2.71. The number of β-lactam (4-membered cyclic amide) rings is 1. The van der Waals surface area contributed by atoms with Gasteiger partial charge in [-0.15, -0.1) is 0 Å². The molecule has 0 saturated carbocycles. The molecule has 0 spiro atoms. The second-order valence-electron chi connectivity index (χ2n) is 8.61. The molecule has 3 aliphatic heterocycles. The van der Waals surface area contributed by atoms with E-state index in [4.69, 9.17) is 0 Å². The number of likely N-dealkylation sites (tertiary alicyclic amines) is 1. The minimum atomic E-state index is -1.77. The number of aliphatic hydroxyl groups is 2. The van der Waals surface area contributed by atoms with Crippen molar-refractivity contribution in [3.63, 3.8) is 0 Å². The minimum absolute atomic E-state index is 0.0238. The number of hydrogen-bond acceptors (Lipinski definition) is 5. The van der Waals surface area contributed by atoms with Gasteiger partial charge in [-0.1, -0.05) is 19.1 Å². The molecular weight excluding hydrogens is 398 g/mol. The van der Waals surface area contributed by atoms with Crippen LogP contribution in [0.15, 0.2) is 30.4 Å². The summed E-state index contributed by atoms with van der Waals surface area (Å²) < 4.78 is 0. The first-order valence-corrected chi connectivity index (χ1v) is 10.8. The zero-order chi connectivity index (χ0) is 22.3. The average Bonchev–Trinajstić information content (AvgIpc) is 3.31. The summed E-state index contributed by atoms with van der Waals surface area (Å²) in [7, 11) is 1.62.